The number of hydrogen-bond donors (Lipinski definition) is 1. The van der Waals surface area contributed by atoms with Crippen molar-refractivity contribution in [2.45, 2.75) is 30.1 Å². The molecule has 1 heterocycles. The summed E-state index contributed by atoms with van der Waals surface area (Å²) in [7, 11) is -3.98. The van der Waals surface area contributed by atoms with Crippen molar-refractivity contribution in [2.75, 3.05) is 28.5 Å². The Morgan fingerprint density at radius 2 is 1.97 bits per heavy atom. The molecule has 2 aromatic carbocycles. The number of anilines is 2. The zero-order valence-electron chi connectivity index (χ0n) is 16.8. The maximum Gasteiger partial charge on any atom is 0.307 e. The number of nitrogens with one attached hydrogen (secondary N) is 1. The van der Waals surface area contributed by atoms with Crippen molar-refractivity contribution < 1.29 is 22.7 Å². The average molecular weight is 449 g/mol. The van der Waals surface area contributed by atoms with E-state index in [1.54, 1.807) is 43.3 Å². The Morgan fingerprint density at radius 1 is 1.23 bits per heavy atom. The van der Waals surface area contributed by atoms with E-state index in [1.807, 2.05) is 6.92 Å². The summed E-state index contributed by atoms with van der Waals surface area (Å²) >= 11 is 1.51. The molecule has 160 valence electrons. The minimum atomic E-state index is -3.98. The molecule has 7 nitrogen and oxygen atoms in total. The number of para-hydroxylation sites is 1. The van der Waals surface area contributed by atoms with Gasteiger partial charge in [-0.1, -0.05) is 25.1 Å². The van der Waals surface area contributed by atoms with Crippen molar-refractivity contribution in [3.05, 3.63) is 48.5 Å². The number of nitrogens with zero attached hydrogens (tertiary/aromatic N) is 1. The van der Waals surface area contributed by atoms with E-state index in [4.69, 9.17) is 4.74 Å². The topological polar surface area (TPSA) is 92.8 Å². The number of fused-ring (bicyclic) bond motifs is 1. The minimum Gasteiger partial charge on any atom is -0.466 e. The summed E-state index contributed by atoms with van der Waals surface area (Å²) in [6.07, 6.45) is -0.0724. The number of esters is 1. The molecule has 0 saturated heterocycles. The van der Waals surface area contributed by atoms with Crippen LogP contribution in [0.15, 0.2) is 58.3 Å². The summed E-state index contributed by atoms with van der Waals surface area (Å²) in [5.74, 6) is -0.153. The molecule has 0 aliphatic carbocycles. The van der Waals surface area contributed by atoms with Crippen LogP contribution in [0, 0.1) is 5.92 Å². The van der Waals surface area contributed by atoms with Crippen LogP contribution in [0.3, 0.4) is 0 Å². The first kappa shape index (κ1) is 22.2. The third kappa shape index (κ3) is 4.96. The molecule has 0 fully saturated rings. The molecule has 30 heavy (non-hydrogen) atoms. The lowest BCUT2D eigenvalue weighted by molar-refractivity contribution is -0.142. The van der Waals surface area contributed by atoms with Gasteiger partial charge < -0.3 is 10.1 Å². The van der Waals surface area contributed by atoms with Gasteiger partial charge in [0, 0.05) is 23.1 Å². The first-order valence-corrected chi connectivity index (χ1v) is 12.1. The third-order valence-electron chi connectivity index (χ3n) is 4.60. The molecule has 0 spiro atoms. The van der Waals surface area contributed by atoms with Crippen molar-refractivity contribution in [2.24, 2.45) is 5.92 Å². The van der Waals surface area contributed by atoms with E-state index < -0.39 is 16.0 Å². The van der Waals surface area contributed by atoms with Gasteiger partial charge in [-0.2, -0.15) is 0 Å². The summed E-state index contributed by atoms with van der Waals surface area (Å²) < 4.78 is 33.1. The maximum absolute atomic E-state index is 13.5. The van der Waals surface area contributed by atoms with Crippen molar-refractivity contribution in [1.29, 1.82) is 0 Å². The number of carbonyl (C=O) groups excluding carboxylic acids is 2. The van der Waals surface area contributed by atoms with Crippen LogP contribution in [-0.4, -0.2) is 39.2 Å². The highest BCUT2D eigenvalue weighted by Crippen LogP contribution is 2.35. The van der Waals surface area contributed by atoms with Crippen LogP contribution < -0.4 is 9.62 Å². The summed E-state index contributed by atoms with van der Waals surface area (Å²) in [6.45, 7) is 3.71. The second-order valence-electron chi connectivity index (χ2n) is 6.83. The minimum absolute atomic E-state index is 0.0458. The molecule has 1 atom stereocenters. The van der Waals surface area contributed by atoms with Crippen LogP contribution in [0.5, 0.6) is 0 Å². The Bertz CT molecular complexity index is 1020. The zero-order chi connectivity index (χ0) is 21.7. The number of sulfonamides is 1. The van der Waals surface area contributed by atoms with Gasteiger partial charge in [0.05, 0.1) is 29.3 Å². The van der Waals surface area contributed by atoms with Gasteiger partial charge in [0.1, 0.15) is 0 Å². The fraction of sp³-hybridized carbons (Fsp3) is 0.333. The lowest BCUT2D eigenvalue weighted by Gasteiger charge is -2.24. The molecule has 0 unspecified atom stereocenters. The first-order valence-electron chi connectivity index (χ1n) is 9.64. The summed E-state index contributed by atoms with van der Waals surface area (Å²) in [5, 5.41) is 2.81. The fourth-order valence-corrected chi connectivity index (χ4v) is 5.48. The number of amides is 1. The highest BCUT2D eigenvalue weighted by Gasteiger charge is 2.28. The molecule has 0 radical (unpaired) electrons. The Hall–Kier alpha value is -2.52. The van der Waals surface area contributed by atoms with Crippen LogP contribution in [0.25, 0.3) is 0 Å². The van der Waals surface area contributed by atoms with Crippen LogP contribution in [-0.2, 0) is 24.3 Å². The predicted molar refractivity (Wildman–Crippen MR) is 117 cm³/mol. The molecule has 0 bridgehead atoms. The number of thioether (sulfide) groups is 1. The molecule has 9 heteroatoms. The molecule has 3 rings (SSSR count). The smallest absolute Gasteiger partial charge is 0.307 e. The van der Waals surface area contributed by atoms with Gasteiger partial charge in [-0.3, -0.25) is 13.9 Å². The van der Waals surface area contributed by atoms with Gasteiger partial charge in [-0.25, -0.2) is 8.42 Å². The largest absolute Gasteiger partial charge is 0.466 e. The Kier molecular flexibility index (Phi) is 7.04. The Balaban J connectivity index is 1.96. The van der Waals surface area contributed by atoms with Crippen LogP contribution in [0.1, 0.15) is 20.3 Å². The zero-order valence-corrected chi connectivity index (χ0v) is 18.5. The number of carbonyl (C=O) groups is 2. The first-order chi connectivity index (χ1) is 14.3. The Morgan fingerprint density at radius 3 is 2.67 bits per heavy atom. The molecule has 0 saturated carbocycles. The lowest BCUT2D eigenvalue weighted by Crippen LogP contribution is -2.33. The standard InChI is InChI=1S/C21H24N2O5S2/c1-3-28-20(24)11-12-23(16-7-5-4-6-8-16)30(26,27)17-9-10-19-18(13-17)22-21(25)15(2)14-29-19/h4-10,13,15H,3,11-12,14H2,1-2H3,(H,22,25)/t15-/m0/s1. The second-order valence-corrected chi connectivity index (χ2v) is 9.75. The van der Waals surface area contributed by atoms with E-state index in [-0.39, 0.29) is 36.3 Å². The Labute approximate surface area is 180 Å². The van der Waals surface area contributed by atoms with Crippen LogP contribution in [0.2, 0.25) is 0 Å². The van der Waals surface area contributed by atoms with E-state index in [2.05, 4.69) is 5.32 Å². The molecule has 1 aliphatic rings. The highest BCUT2D eigenvalue weighted by molar-refractivity contribution is 7.99. The molecule has 1 N–H and O–H groups in total. The molecule has 1 aliphatic heterocycles. The molecule has 2 aromatic rings. The normalized spacial score (nSPS) is 16.2. The molecular weight excluding hydrogens is 424 g/mol. The van der Waals surface area contributed by atoms with Crippen molar-refractivity contribution in [3.8, 4) is 0 Å². The van der Waals surface area contributed by atoms with Crippen LogP contribution in [0.4, 0.5) is 11.4 Å². The average Bonchev–Trinajstić information content (AvgIpc) is 2.87. The van der Waals surface area contributed by atoms with Crippen molar-refractivity contribution in [1.82, 2.24) is 0 Å². The number of benzene rings is 2. The quantitative estimate of drug-likeness (QED) is 0.652. The van der Waals surface area contributed by atoms with E-state index in [0.717, 1.165) is 4.90 Å². The molecule has 0 aromatic heterocycles. The highest BCUT2D eigenvalue weighted by atomic mass is 32.2. The summed E-state index contributed by atoms with van der Waals surface area (Å²) in [4.78, 5) is 24.9. The third-order valence-corrected chi connectivity index (χ3v) is 7.76. The van der Waals surface area contributed by atoms with Gasteiger partial charge in [0.15, 0.2) is 0 Å². The van der Waals surface area contributed by atoms with Gasteiger partial charge in [0.2, 0.25) is 5.91 Å². The van der Waals surface area contributed by atoms with Crippen molar-refractivity contribution >= 4 is 45.0 Å². The number of hydrogen-bond acceptors (Lipinski definition) is 6. The number of rotatable bonds is 7. The summed E-state index contributed by atoms with van der Waals surface area (Å²) in [5.41, 5.74) is 0.928. The van der Waals surface area contributed by atoms with Crippen LogP contribution >= 0.6 is 11.8 Å². The lowest BCUT2D eigenvalue weighted by atomic mass is 10.2. The fourth-order valence-electron chi connectivity index (χ4n) is 2.98. The molecule has 1 amide bonds. The van der Waals surface area contributed by atoms with Gasteiger partial charge in [-0.15, -0.1) is 11.8 Å². The van der Waals surface area contributed by atoms with E-state index >= 15 is 0 Å². The molecular formula is C21H24N2O5S2. The van der Waals surface area contributed by atoms with Gasteiger partial charge in [0.25, 0.3) is 10.0 Å². The van der Waals surface area contributed by atoms with E-state index in [1.165, 1.54) is 28.2 Å². The van der Waals surface area contributed by atoms with E-state index in [0.29, 0.717) is 17.1 Å². The second kappa shape index (κ2) is 9.53. The predicted octanol–water partition coefficient (Wildman–Crippen LogP) is 3.52. The SMILES string of the molecule is CCOC(=O)CCN(c1ccccc1)S(=O)(=O)c1ccc2c(c1)NC(=O)[C@@H](C)CS2. The maximum atomic E-state index is 13.5. The van der Waals surface area contributed by atoms with Gasteiger partial charge in [-0.05, 0) is 37.3 Å². The van der Waals surface area contributed by atoms with Crippen molar-refractivity contribution in [3.63, 3.8) is 0 Å². The monoisotopic (exact) mass is 448 g/mol. The number of ether oxygens (including phenoxy) is 1. The van der Waals surface area contributed by atoms with E-state index in [9.17, 15) is 18.0 Å². The van der Waals surface area contributed by atoms with Gasteiger partial charge >= 0.3 is 5.97 Å². The summed E-state index contributed by atoms with van der Waals surface area (Å²) in [6, 6.07) is 13.3.